The highest BCUT2D eigenvalue weighted by molar-refractivity contribution is 7.89. The summed E-state index contributed by atoms with van der Waals surface area (Å²) in [4.78, 5) is 8.12. The Morgan fingerprint density at radius 3 is 2.71 bits per heavy atom. The Hall–Kier alpha value is -2.00. The van der Waals surface area contributed by atoms with Gasteiger partial charge in [-0.15, -0.1) is 0 Å². The number of nitrogens with zero attached hydrogens (tertiary/aromatic N) is 3. The molecule has 3 N–H and O–H groups in total. The van der Waals surface area contributed by atoms with Crippen LogP contribution >= 0.6 is 0 Å². The average Bonchev–Trinajstić information content (AvgIpc) is 2.99. The van der Waals surface area contributed by atoms with E-state index in [1.807, 2.05) is 6.92 Å². The van der Waals surface area contributed by atoms with E-state index < -0.39 is 16.1 Å². The van der Waals surface area contributed by atoms with E-state index in [4.69, 9.17) is 0 Å². The van der Waals surface area contributed by atoms with Gasteiger partial charge in [-0.05, 0) is 25.5 Å². The number of anilines is 1. The number of aromatic nitrogens is 4. The molecule has 0 aliphatic carbocycles. The highest BCUT2D eigenvalue weighted by Crippen LogP contribution is 2.14. The fraction of sp³-hybridized carbons (Fsp3) is 0.417. The minimum Gasteiger partial charge on any atom is -0.370 e. The van der Waals surface area contributed by atoms with Crippen LogP contribution < -0.4 is 10.0 Å². The van der Waals surface area contributed by atoms with Gasteiger partial charge in [0.15, 0.2) is 0 Å². The van der Waals surface area contributed by atoms with E-state index in [1.165, 1.54) is 18.6 Å². The predicted octanol–water partition coefficient (Wildman–Crippen LogP) is 1.06. The molecule has 0 aliphatic rings. The van der Waals surface area contributed by atoms with E-state index in [-0.39, 0.29) is 4.90 Å². The lowest BCUT2D eigenvalue weighted by Crippen LogP contribution is -2.27. The molecular weight excluding hydrogens is 292 g/mol. The molecule has 0 bridgehead atoms. The Kier molecular flexibility index (Phi) is 4.86. The summed E-state index contributed by atoms with van der Waals surface area (Å²) in [6.45, 7) is 4.52. The number of sulfonamides is 1. The summed E-state index contributed by atoms with van der Waals surface area (Å²) in [7, 11) is -3.65. The van der Waals surface area contributed by atoms with Crippen molar-refractivity contribution < 1.29 is 8.42 Å². The summed E-state index contributed by atoms with van der Waals surface area (Å²) in [5.74, 6) is 1.10. The summed E-state index contributed by atoms with van der Waals surface area (Å²) in [6, 6.07) is 2.65. The van der Waals surface area contributed by atoms with Gasteiger partial charge in [0.2, 0.25) is 10.0 Å². The number of aromatic amines is 1. The van der Waals surface area contributed by atoms with Gasteiger partial charge in [-0.1, -0.05) is 6.92 Å². The molecule has 0 saturated carbocycles. The monoisotopic (exact) mass is 310 g/mol. The van der Waals surface area contributed by atoms with Gasteiger partial charge in [-0.25, -0.2) is 23.1 Å². The number of H-pyrrole nitrogens is 1. The molecule has 0 spiro atoms. The van der Waals surface area contributed by atoms with Crippen LogP contribution in [0.2, 0.25) is 0 Å². The van der Waals surface area contributed by atoms with Gasteiger partial charge < -0.3 is 5.32 Å². The zero-order valence-electron chi connectivity index (χ0n) is 11.9. The lowest BCUT2D eigenvalue weighted by atomic mass is 10.3. The molecule has 1 atom stereocenters. The summed E-state index contributed by atoms with van der Waals surface area (Å²) in [5.41, 5.74) is 0. The van der Waals surface area contributed by atoms with Crippen LogP contribution in [-0.4, -0.2) is 35.1 Å². The molecule has 0 aliphatic heterocycles. The Bertz CT molecular complexity index is 654. The average molecular weight is 310 g/mol. The van der Waals surface area contributed by atoms with E-state index in [0.29, 0.717) is 11.6 Å². The van der Waals surface area contributed by atoms with Gasteiger partial charge in [0.1, 0.15) is 22.9 Å². The van der Waals surface area contributed by atoms with E-state index in [2.05, 4.69) is 30.2 Å². The maximum atomic E-state index is 12.2. The van der Waals surface area contributed by atoms with Crippen molar-refractivity contribution in [3.05, 3.63) is 30.5 Å². The third-order valence-electron chi connectivity index (χ3n) is 2.78. The first-order chi connectivity index (χ1) is 10.0. The number of pyridine rings is 1. The number of hydrogen-bond donors (Lipinski definition) is 3. The lowest BCUT2D eigenvalue weighted by Gasteiger charge is -2.12. The van der Waals surface area contributed by atoms with Crippen LogP contribution in [0.1, 0.15) is 32.1 Å². The van der Waals surface area contributed by atoms with Gasteiger partial charge in [-0.3, -0.25) is 5.10 Å². The topological polar surface area (TPSA) is 113 Å². The molecule has 0 amide bonds. The smallest absolute Gasteiger partial charge is 0.242 e. The maximum Gasteiger partial charge on any atom is 0.242 e. The van der Waals surface area contributed by atoms with Crippen molar-refractivity contribution in [3.63, 3.8) is 0 Å². The SMILES string of the molecule is CCCNc1ccc(S(=O)(=O)NC(C)c2ncn[nH]2)cn1. The third kappa shape index (κ3) is 3.99. The summed E-state index contributed by atoms with van der Waals surface area (Å²) in [6.07, 6.45) is 3.63. The number of rotatable bonds is 7. The number of nitrogens with one attached hydrogen (secondary N) is 3. The molecular formula is C12H18N6O2S. The second kappa shape index (κ2) is 6.64. The van der Waals surface area contributed by atoms with Crippen LogP contribution in [0, 0.1) is 0 Å². The Labute approximate surface area is 123 Å². The van der Waals surface area contributed by atoms with E-state index in [9.17, 15) is 8.42 Å². The van der Waals surface area contributed by atoms with Crippen molar-refractivity contribution in [2.75, 3.05) is 11.9 Å². The van der Waals surface area contributed by atoms with Gasteiger partial charge in [-0.2, -0.15) is 5.10 Å². The zero-order chi connectivity index (χ0) is 15.3. The molecule has 2 rings (SSSR count). The van der Waals surface area contributed by atoms with Crippen molar-refractivity contribution in [3.8, 4) is 0 Å². The Morgan fingerprint density at radius 2 is 2.14 bits per heavy atom. The molecule has 9 heteroatoms. The van der Waals surface area contributed by atoms with Crippen molar-refractivity contribution in [1.29, 1.82) is 0 Å². The van der Waals surface area contributed by atoms with Crippen molar-refractivity contribution in [2.45, 2.75) is 31.2 Å². The zero-order valence-corrected chi connectivity index (χ0v) is 12.7. The third-order valence-corrected chi connectivity index (χ3v) is 4.30. The molecule has 0 aromatic carbocycles. The van der Waals surface area contributed by atoms with E-state index >= 15 is 0 Å². The fourth-order valence-electron chi connectivity index (χ4n) is 1.68. The molecule has 0 fully saturated rings. The summed E-state index contributed by atoms with van der Waals surface area (Å²) < 4.78 is 27.0. The molecule has 2 heterocycles. The summed E-state index contributed by atoms with van der Waals surface area (Å²) in [5, 5.41) is 9.41. The second-order valence-corrected chi connectivity index (χ2v) is 6.23. The molecule has 2 aromatic rings. The highest BCUT2D eigenvalue weighted by Gasteiger charge is 2.20. The lowest BCUT2D eigenvalue weighted by molar-refractivity contribution is 0.560. The van der Waals surface area contributed by atoms with E-state index in [1.54, 1.807) is 13.0 Å². The molecule has 0 saturated heterocycles. The van der Waals surface area contributed by atoms with Gasteiger partial charge in [0, 0.05) is 12.7 Å². The molecule has 2 aromatic heterocycles. The number of hydrogen-bond acceptors (Lipinski definition) is 6. The molecule has 1 unspecified atom stereocenters. The Morgan fingerprint density at radius 1 is 1.33 bits per heavy atom. The van der Waals surface area contributed by atoms with Gasteiger partial charge >= 0.3 is 0 Å². The fourth-order valence-corrected chi connectivity index (χ4v) is 2.83. The van der Waals surface area contributed by atoms with Crippen molar-refractivity contribution in [2.24, 2.45) is 0 Å². The molecule has 8 nitrogen and oxygen atoms in total. The van der Waals surface area contributed by atoms with Crippen molar-refractivity contribution in [1.82, 2.24) is 24.9 Å². The minimum atomic E-state index is -3.65. The summed E-state index contributed by atoms with van der Waals surface area (Å²) >= 11 is 0. The normalized spacial score (nSPS) is 13.0. The molecule has 114 valence electrons. The standard InChI is InChI=1S/C12H18N6O2S/c1-3-6-13-11-5-4-10(7-14-11)21(19,20)18-9(2)12-15-8-16-17-12/h4-5,7-9,18H,3,6H2,1-2H3,(H,13,14)(H,15,16,17). The van der Waals surface area contributed by atoms with Crippen LogP contribution in [0.3, 0.4) is 0 Å². The van der Waals surface area contributed by atoms with Crippen LogP contribution in [-0.2, 0) is 10.0 Å². The maximum absolute atomic E-state index is 12.2. The quantitative estimate of drug-likeness (QED) is 0.705. The highest BCUT2D eigenvalue weighted by atomic mass is 32.2. The Balaban J connectivity index is 2.08. The van der Waals surface area contributed by atoms with Crippen LogP contribution in [0.4, 0.5) is 5.82 Å². The largest absolute Gasteiger partial charge is 0.370 e. The predicted molar refractivity (Wildman–Crippen MR) is 78.1 cm³/mol. The first-order valence-electron chi connectivity index (χ1n) is 6.60. The van der Waals surface area contributed by atoms with Gasteiger partial charge in [0.25, 0.3) is 0 Å². The minimum absolute atomic E-state index is 0.107. The first-order valence-corrected chi connectivity index (χ1v) is 8.08. The molecule has 21 heavy (non-hydrogen) atoms. The second-order valence-electron chi connectivity index (χ2n) is 4.52. The van der Waals surface area contributed by atoms with Crippen LogP contribution in [0.5, 0.6) is 0 Å². The van der Waals surface area contributed by atoms with Crippen LogP contribution in [0.15, 0.2) is 29.6 Å². The first kappa shape index (κ1) is 15.4. The van der Waals surface area contributed by atoms with E-state index in [0.717, 1.165) is 13.0 Å². The molecule has 0 radical (unpaired) electrons. The van der Waals surface area contributed by atoms with Crippen molar-refractivity contribution >= 4 is 15.8 Å². The van der Waals surface area contributed by atoms with Gasteiger partial charge in [0.05, 0.1) is 6.04 Å². The van der Waals surface area contributed by atoms with Crippen LogP contribution in [0.25, 0.3) is 0 Å².